The third kappa shape index (κ3) is 3.73. The first-order valence-electron chi connectivity index (χ1n) is 9.99. The van der Waals surface area contributed by atoms with Crippen LogP contribution in [0, 0.1) is 7.11 Å². The van der Waals surface area contributed by atoms with Crippen LogP contribution in [0.4, 0.5) is 0 Å². The minimum absolute atomic E-state index is 0. The summed E-state index contributed by atoms with van der Waals surface area (Å²) < 4.78 is 5.17. The van der Waals surface area contributed by atoms with Gasteiger partial charge in [-0.2, -0.15) is 7.11 Å². The maximum atomic E-state index is 11.8. The maximum absolute atomic E-state index is 11.8. The molecule has 6 rings (SSSR count). The van der Waals surface area contributed by atoms with Crippen molar-refractivity contribution in [3.05, 3.63) is 104 Å². The molecule has 0 aliphatic heterocycles. The molecular formula is C27H20BeN2O2+2. The van der Waals surface area contributed by atoms with Crippen LogP contribution >= 0.6 is 0 Å². The largest absolute Gasteiger partial charge is 2.00 e. The Bertz CT molecular complexity index is 1550. The Labute approximate surface area is 189 Å². The van der Waals surface area contributed by atoms with Crippen LogP contribution in [-0.2, 0) is 0 Å². The molecule has 2 aromatic heterocycles. The topological polar surface area (TPSA) is 60.6 Å². The minimum atomic E-state index is 0. The number of aromatic nitrogens is 2. The summed E-state index contributed by atoms with van der Waals surface area (Å²) in [5.41, 5.74) is 2.00. The predicted molar refractivity (Wildman–Crippen MR) is 127 cm³/mol. The number of aromatic amines is 2. The summed E-state index contributed by atoms with van der Waals surface area (Å²) >= 11 is 0. The second-order valence-corrected chi connectivity index (χ2v) is 7.25. The molecule has 2 N–H and O–H groups in total. The molecule has 0 radical (unpaired) electrons. The van der Waals surface area contributed by atoms with Gasteiger partial charge in [0.25, 0.3) is 0 Å². The zero-order valence-corrected chi connectivity index (χ0v) is 17.5. The Morgan fingerprint density at radius 1 is 0.594 bits per heavy atom. The quantitative estimate of drug-likeness (QED) is 0.227. The number of hydrogen-bond donors (Lipinski definition) is 0. The molecule has 150 valence electrons. The van der Waals surface area contributed by atoms with Gasteiger partial charge >= 0.3 is 10.1 Å². The van der Waals surface area contributed by atoms with Gasteiger partial charge < -0.3 is 9.84 Å². The molecule has 0 saturated heterocycles. The molecule has 5 heteroatoms. The molecule has 0 aliphatic rings. The Hall–Kier alpha value is -4.01. The zero-order valence-electron chi connectivity index (χ0n) is 17.5. The second kappa shape index (κ2) is 9.01. The van der Waals surface area contributed by atoms with Gasteiger partial charge in [0.1, 0.15) is 0 Å². The first-order valence-corrected chi connectivity index (χ1v) is 9.99. The summed E-state index contributed by atoms with van der Waals surface area (Å²) in [7, 11) is 3.50. The van der Waals surface area contributed by atoms with E-state index in [0.717, 1.165) is 43.7 Å². The number of H-pyrrole nitrogens is 2. The van der Waals surface area contributed by atoms with Gasteiger partial charge in [-0.15, -0.1) is 0 Å². The molecule has 0 bridgehead atoms. The van der Waals surface area contributed by atoms with Gasteiger partial charge in [0.2, 0.25) is 11.0 Å². The monoisotopic (exact) mass is 413 g/mol. The van der Waals surface area contributed by atoms with E-state index in [0.29, 0.717) is 0 Å². The van der Waals surface area contributed by atoms with Gasteiger partial charge in [0.15, 0.2) is 12.4 Å². The number of hydrogen-bond acceptors (Lipinski definition) is 2. The Morgan fingerprint density at radius 3 is 1.72 bits per heavy atom. The van der Waals surface area contributed by atoms with E-state index in [2.05, 4.69) is 41.3 Å². The summed E-state index contributed by atoms with van der Waals surface area (Å²) in [4.78, 5) is 6.40. The molecular weight excluding hydrogens is 393 g/mol. The fourth-order valence-corrected chi connectivity index (χ4v) is 4.00. The minimum Gasteiger partial charge on any atom is -0.872 e. The molecule has 0 spiro atoms. The second-order valence-electron chi connectivity index (χ2n) is 7.25. The van der Waals surface area contributed by atoms with Crippen LogP contribution in [0.15, 0.2) is 97.3 Å². The molecule has 32 heavy (non-hydrogen) atoms. The van der Waals surface area contributed by atoms with Crippen LogP contribution < -0.4 is 19.8 Å². The Balaban J connectivity index is 0.000000149. The van der Waals surface area contributed by atoms with E-state index in [4.69, 9.17) is 4.74 Å². The van der Waals surface area contributed by atoms with Crippen molar-refractivity contribution in [1.29, 1.82) is 0 Å². The number of benzene rings is 4. The Morgan fingerprint density at radius 2 is 1.09 bits per heavy atom. The maximum Gasteiger partial charge on any atom is 2.00 e. The SMILES string of the molecule is [Be+2].[CH2-]Oc1cccc2ccc3ccc[nH+]c3c12.[O-]c1cccc2ccc3ccc[nH+]c3c12. The number of ether oxygens (including phenoxy) is 1. The van der Waals surface area contributed by atoms with Crippen molar-refractivity contribution >= 4 is 53.5 Å². The van der Waals surface area contributed by atoms with E-state index >= 15 is 0 Å². The molecule has 0 saturated carbocycles. The summed E-state index contributed by atoms with van der Waals surface area (Å²) in [5.74, 6) is 0.867. The van der Waals surface area contributed by atoms with Crippen LogP contribution in [0.5, 0.6) is 11.5 Å². The number of fused-ring (bicyclic) bond motifs is 6. The van der Waals surface area contributed by atoms with Crippen LogP contribution in [0.25, 0.3) is 43.4 Å². The van der Waals surface area contributed by atoms with Gasteiger partial charge in [0.05, 0.1) is 11.1 Å². The van der Waals surface area contributed by atoms with Crippen molar-refractivity contribution < 1.29 is 19.8 Å². The third-order valence-electron chi connectivity index (χ3n) is 5.43. The standard InChI is InChI=1S/C14H10NO.C13H9NO.Be/c1-16-12-6-2-4-10-7-8-11-5-3-9-15-14(11)13(10)12;15-11-5-1-3-9-6-7-10-4-2-8-14-13(10)12(9)11;/h2-9H,1H2;1-8,15H;/q-1;;+2/p+1. The molecule has 0 unspecified atom stereocenters. The number of pyridine rings is 2. The molecule has 0 atom stereocenters. The first kappa shape index (κ1) is 21.2. The summed E-state index contributed by atoms with van der Waals surface area (Å²) in [6.45, 7) is 0. The van der Waals surface area contributed by atoms with Crippen molar-refractivity contribution in [3.63, 3.8) is 0 Å². The van der Waals surface area contributed by atoms with E-state index in [1.54, 1.807) is 12.1 Å². The normalized spacial score (nSPS) is 10.5. The van der Waals surface area contributed by atoms with Gasteiger partial charge in [-0.05, 0) is 41.1 Å². The predicted octanol–water partition coefficient (Wildman–Crippen LogP) is 4.48. The molecule has 2 heterocycles. The van der Waals surface area contributed by atoms with Crippen LogP contribution in [0.3, 0.4) is 0 Å². The van der Waals surface area contributed by atoms with Crippen molar-refractivity contribution in [2.75, 3.05) is 0 Å². The molecule has 6 aromatic rings. The van der Waals surface area contributed by atoms with Crippen molar-refractivity contribution in [1.82, 2.24) is 0 Å². The van der Waals surface area contributed by atoms with Crippen LogP contribution in [0.2, 0.25) is 0 Å². The fourth-order valence-electron chi connectivity index (χ4n) is 4.00. The number of nitrogens with one attached hydrogen (secondary N) is 2. The molecule has 4 aromatic carbocycles. The van der Waals surface area contributed by atoms with Crippen LogP contribution in [-0.4, -0.2) is 10.1 Å². The molecule has 4 nitrogen and oxygen atoms in total. The van der Waals surface area contributed by atoms with Crippen molar-refractivity contribution in [3.8, 4) is 11.5 Å². The summed E-state index contributed by atoms with van der Waals surface area (Å²) in [6, 6.07) is 27.5. The van der Waals surface area contributed by atoms with Crippen molar-refractivity contribution in [2.24, 2.45) is 0 Å². The smallest absolute Gasteiger partial charge is 0.872 e. The van der Waals surface area contributed by atoms with E-state index in [9.17, 15) is 5.11 Å². The first-order chi connectivity index (χ1) is 15.3. The fraction of sp³-hybridized carbons (Fsp3) is 0. The average molecular weight is 413 g/mol. The molecule has 0 aliphatic carbocycles. The van der Waals surface area contributed by atoms with Crippen LogP contribution in [0.1, 0.15) is 0 Å². The Kier molecular flexibility index (Phi) is 5.98. The van der Waals surface area contributed by atoms with Gasteiger partial charge in [-0.1, -0.05) is 48.2 Å². The van der Waals surface area contributed by atoms with E-state index < -0.39 is 0 Å². The van der Waals surface area contributed by atoms with Gasteiger partial charge in [0, 0.05) is 28.3 Å². The number of rotatable bonds is 1. The van der Waals surface area contributed by atoms with Gasteiger partial charge in [-0.3, -0.25) is 0 Å². The average Bonchev–Trinajstić information content (AvgIpc) is 2.84. The molecule has 0 fully saturated rings. The third-order valence-corrected chi connectivity index (χ3v) is 5.43. The van der Waals surface area contributed by atoms with E-state index in [1.807, 2.05) is 60.9 Å². The van der Waals surface area contributed by atoms with E-state index in [-0.39, 0.29) is 15.9 Å². The molecule has 0 amide bonds. The zero-order chi connectivity index (χ0) is 21.2. The van der Waals surface area contributed by atoms with E-state index in [1.165, 1.54) is 5.39 Å². The van der Waals surface area contributed by atoms with Crippen molar-refractivity contribution in [2.45, 2.75) is 0 Å². The van der Waals surface area contributed by atoms with Gasteiger partial charge in [-0.25, -0.2) is 9.97 Å². The summed E-state index contributed by atoms with van der Waals surface area (Å²) in [5, 5.41) is 18.0. The summed E-state index contributed by atoms with van der Waals surface area (Å²) in [6.07, 6.45) is 3.76.